The van der Waals surface area contributed by atoms with E-state index in [1.807, 2.05) is 38.1 Å². The van der Waals surface area contributed by atoms with Crippen molar-refractivity contribution in [1.82, 2.24) is 15.5 Å². The topological polar surface area (TPSA) is 61.4 Å². The molecule has 3 amide bonds. The van der Waals surface area contributed by atoms with Crippen molar-refractivity contribution in [3.8, 4) is 0 Å². The van der Waals surface area contributed by atoms with Crippen LogP contribution in [0.3, 0.4) is 0 Å². The summed E-state index contributed by atoms with van der Waals surface area (Å²) in [4.78, 5) is 27.1. The lowest BCUT2D eigenvalue weighted by Gasteiger charge is -2.39. The molecule has 0 aliphatic carbocycles. The molecule has 0 radical (unpaired) electrons. The molecule has 0 bridgehead atoms. The van der Waals surface area contributed by atoms with Crippen LogP contribution in [0.25, 0.3) is 0 Å². The van der Waals surface area contributed by atoms with Gasteiger partial charge in [-0.05, 0) is 49.9 Å². The molecule has 29 heavy (non-hydrogen) atoms. The highest BCUT2D eigenvalue weighted by atomic mass is 19.1. The van der Waals surface area contributed by atoms with Crippen molar-refractivity contribution < 1.29 is 14.0 Å². The molecule has 1 aliphatic heterocycles. The fourth-order valence-corrected chi connectivity index (χ4v) is 3.59. The Bertz CT molecular complexity index is 851. The van der Waals surface area contributed by atoms with Gasteiger partial charge in [0.1, 0.15) is 5.82 Å². The summed E-state index contributed by atoms with van der Waals surface area (Å²) in [6, 6.07) is 14.0. The normalized spacial score (nSPS) is 18.9. The second-order valence-corrected chi connectivity index (χ2v) is 8.04. The van der Waals surface area contributed by atoms with Gasteiger partial charge < -0.3 is 15.5 Å². The van der Waals surface area contributed by atoms with E-state index in [4.69, 9.17) is 0 Å². The Hall–Kier alpha value is -2.89. The summed E-state index contributed by atoms with van der Waals surface area (Å²) in [7, 11) is 0. The van der Waals surface area contributed by atoms with E-state index in [9.17, 15) is 14.0 Å². The number of hydrogen-bond donors (Lipinski definition) is 2. The molecule has 1 fully saturated rings. The number of nitrogens with zero attached hydrogens (tertiary/aromatic N) is 1. The lowest BCUT2D eigenvalue weighted by Crippen LogP contribution is -2.53. The molecule has 2 N–H and O–H groups in total. The first-order valence-corrected chi connectivity index (χ1v) is 9.97. The molecule has 2 aromatic carbocycles. The molecule has 2 aromatic rings. The van der Waals surface area contributed by atoms with Gasteiger partial charge in [-0.3, -0.25) is 4.79 Å². The Morgan fingerprint density at radius 2 is 1.59 bits per heavy atom. The number of piperidine rings is 1. The second-order valence-electron chi connectivity index (χ2n) is 8.04. The number of nitrogens with one attached hydrogen (secondary N) is 2. The maximum atomic E-state index is 13.0. The van der Waals surface area contributed by atoms with Crippen LogP contribution in [0, 0.1) is 18.2 Å². The minimum absolute atomic E-state index is 0.0853. The first kappa shape index (κ1) is 20.8. The number of urea groups is 1. The zero-order valence-electron chi connectivity index (χ0n) is 17.0. The van der Waals surface area contributed by atoms with Crippen LogP contribution in [0.4, 0.5) is 9.18 Å². The van der Waals surface area contributed by atoms with Gasteiger partial charge in [0.25, 0.3) is 0 Å². The average molecular weight is 397 g/mol. The number of carbonyl (C=O) groups is 2. The van der Waals surface area contributed by atoms with Gasteiger partial charge in [-0.2, -0.15) is 0 Å². The molecule has 1 unspecified atom stereocenters. The second kappa shape index (κ2) is 9.07. The SMILES string of the molecule is Cc1ccc(CNC(=O)N2CCCC(C)(C(=O)NCc3ccc(F)cc3)C2)cc1. The number of amides is 3. The molecular weight excluding hydrogens is 369 g/mol. The molecule has 154 valence electrons. The number of aryl methyl sites for hydroxylation is 1. The Kier molecular flexibility index (Phi) is 6.52. The van der Waals surface area contributed by atoms with Crippen LogP contribution in [0.15, 0.2) is 48.5 Å². The van der Waals surface area contributed by atoms with Crippen LogP contribution in [-0.4, -0.2) is 29.9 Å². The summed E-state index contributed by atoms with van der Waals surface area (Å²) in [6.45, 7) is 5.74. The minimum Gasteiger partial charge on any atom is -0.351 e. The molecule has 6 heteroatoms. The van der Waals surface area contributed by atoms with Gasteiger partial charge in [0, 0.05) is 26.2 Å². The van der Waals surface area contributed by atoms with Gasteiger partial charge in [0.15, 0.2) is 0 Å². The average Bonchev–Trinajstić information content (AvgIpc) is 2.72. The van der Waals surface area contributed by atoms with Gasteiger partial charge in [-0.1, -0.05) is 42.0 Å². The first-order chi connectivity index (χ1) is 13.9. The number of rotatable bonds is 5. The molecule has 5 nitrogen and oxygen atoms in total. The van der Waals surface area contributed by atoms with Gasteiger partial charge in [-0.15, -0.1) is 0 Å². The highest BCUT2D eigenvalue weighted by Crippen LogP contribution is 2.30. The molecular formula is C23H28FN3O2. The van der Waals surface area contributed by atoms with Crippen molar-refractivity contribution in [1.29, 1.82) is 0 Å². The fourth-order valence-electron chi connectivity index (χ4n) is 3.59. The predicted molar refractivity (Wildman–Crippen MR) is 111 cm³/mol. The zero-order chi connectivity index (χ0) is 20.9. The maximum Gasteiger partial charge on any atom is 0.317 e. The first-order valence-electron chi connectivity index (χ1n) is 9.97. The maximum absolute atomic E-state index is 13.0. The Morgan fingerprint density at radius 1 is 1.00 bits per heavy atom. The molecule has 0 spiro atoms. The van der Waals surface area contributed by atoms with Gasteiger partial charge in [0.2, 0.25) is 5.91 Å². The predicted octanol–water partition coefficient (Wildman–Crippen LogP) is 3.76. The Balaban J connectivity index is 1.53. The van der Waals surface area contributed by atoms with Crippen molar-refractivity contribution >= 4 is 11.9 Å². The quantitative estimate of drug-likeness (QED) is 0.807. The highest BCUT2D eigenvalue weighted by Gasteiger charge is 2.39. The van der Waals surface area contributed by atoms with Gasteiger partial charge >= 0.3 is 6.03 Å². The number of benzene rings is 2. The molecule has 0 aromatic heterocycles. The van der Waals surface area contributed by atoms with E-state index in [-0.39, 0.29) is 17.8 Å². The van der Waals surface area contributed by atoms with Gasteiger partial charge in [0.05, 0.1) is 5.41 Å². The monoisotopic (exact) mass is 397 g/mol. The smallest absolute Gasteiger partial charge is 0.317 e. The number of likely N-dealkylation sites (tertiary alicyclic amines) is 1. The van der Waals surface area contributed by atoms with Crippen LogP contribution < -0.4 is 10.6 Å². The molecule has 1 aliphatic rings. The van der Waals surface area contributed by atoms with Crippen molar-refractivity contribution in [2.24, 2.45) is 5.41 Å². The Labute approximate surface area is 171 Å². The van der Waals surface area contributed by atoms with Crippen molar-refractivity contribution in [3.05, 3.63) is 71.0 Å². The largest absolute Gasteiger partial charge is 0.351 e. The molecule has 1 saturated heterocycles. The van der Waals surface area contributed by atoms with Crippen LogP contribution in [0.1, 0.15) is 36.5 Å². The van der Waals surface area contributed by atoms with Crippen LogP contribution in [-0.2, 0) is 17.9 Å². The lowest BCUT2D eigenvalue weighted by molar-refractivity contribution is -0.132. The van der Waals surface area contributed by atoms with Crippen LogP contribution >= 0.6 is 0 Å². The van der Waals surface area contributed by atoms with Crippen molar-refractivity contribution in [3.63, 3.8) is 0 Å². The third-order valence-electron chi connectivity index (χ3n) is 5.46. The summed E-state index contributed by atoms with van der Waals surface area (Å²) in [5.41, 5.74) is 2.42. The molecule has 3 rings (SSSR count). The van der Waals surface area contributed by atoms with Crippen molar-refractivity contribution in [2.45, 2.75) is 39.8 Å². The van der Waals surface area contributed by atoms with E-state index >= 15 is 0 Å². The Morgan fingerprint density at radius 3 is 2.24 bits per heavy atom. The summed E-state index contributed by atoms with van der Waals surface area (Å²) in [6.07, 6.45) is 1.50. The zero-order valence-corrected chi connectivity index (χ0v) is 17.0. The highest BCUT2D eigenvalue weighted by molar-refractivity contribution is 5.84. The van der Waals surface area contributed by atoms with Crippen LogP contribution in [0.2, 0.25) is 0 Å². The van der Waals surface area contributed by atoms with Crippen LogP contribution in [0.5, 0.6) is 0 Å². The van der Waals surface area contributed by atoms with E-state index in [0.29, 0.717) is 26.2 Å². The fraction of sp³-hybridized carbons (Fsp3) is 0.391. The van der Waals surface area contributed by atoms with E-state index in [1.165, 1.54) is 17.7 Å². The van der Waals surface area contributed by atoms with E-state index in [2.05, 4.69) is 10.6 Å². The van der Waals surface area contributed by atoms with E-state index in [1.54, 1.807) is 17.0 Å². The summed E-state index contributed by atoms with van der Waals surface area (Å²) in [5.74, 6) is -0.385. The number of carbonyl (C=O) groups excluding carboxylic acids is 2. The lowest BCUT2D eigenvalue weighted by atomic mass is 9.81. The third-order valence-corrected chi connectivity index (χ3v) is 5.46. The van der Waals surface area contributed by atoms with E-state index in [0.717, 1.165) is 24.0 Å². The minimum atomic E-state index is -0.639. The number of hydrogen-bond acceptors (Lipinski definition) is 2. The third kappa shape index (κ3) is 5.56. The summed E-state index contributed by atoms with van der Waals surface area (Å²) < 4.78 is 13.0. The van der Waals surface area contributed by atoms with Gasteiger partial charge in [-0.25, -0.2) is 9.18 Å². The molecule has 1 atom stereocenters. The summed E-state index contributed by atoms with van der Waals surface area (Å²) in [5, 5.41) is 5.88. The standard InChI is InChI=1S/C23H28FN3O2/c1-17-4-6-18(7-5-17)15-26-22(29)27-13-3-12-23(2,16-27)21(28)25-14-19-8-10-20(24)11-9-19/h4-11H,3,12-16H2,1-2H3,(H,25,28)(H,26,29). The van der Waals surface area contributed by atoms with Crippen molar-refractivity contribution in [2.75, 3.05) is 13.1 Å². The molecule has 0 saturated carbocycles. The molecule has 1 heterocycles. The van der Waals surface area contributed by atoms with E-state index < -0.39 is 5.41 Å². The number of halogens is 1. The summed E-state index contributed by atoms with van der Waals surface area (Å²) >= 11 is 0.